The average Bonchev–Trinajstić information content (AvgIpc) is 2.24. The van der Waals surface area contributed by atoms with Gasteiger partial charge in [-0.25, -0.2) is 9.59 Å². The molecule has 0 unspecified atom stereocenters. The van der Waals surface area contributed by atoms with Gasteiger partial charge < -0.3 is 20.3 Å². The highest BCUT2D eigenvalue weighted by Gasteiger charge is 2.20. The summed E-state index contributed by atoms with van der Waals surface area (Å²) in [5.74, 6) is -2.05. The zero-order valence-corrected chi connectivity index (χ0v) is 10.5. The lowest BCUT2D eigenvalue weighted by molar-refractivity contribution is -0.141. The fourth-order valence-corrected chi connectivity index (χ4v) is 1.14. The highest BCUT2D eigenvalue weighted by atomic mass is 16.5. The Bertz CT molecular complexity index is 302. The maximum absolute atomic E-state index is 11.2. The van der Waals surface area contributed by atoms with E-state index < -0.39 is 24.1 Å². The average molecular weight is 261 g/mol. The first-order chi connectivity index (χ1) is 8.32. The van der Waals surface area contributed by atoms with Crippen molar-refractivity contribution in [1.29, 1.82) is 0 Å². The van der Waals surface area contributed by atoms with Crippen molar-refractivity contribution in [3.63, 3.8) is 0 Å². The summed E-state index contributed by atoms with van der Waals surface area (Å²) in [4.78, 5) is 32.4. The Kier molecular flexibility index (Phi) is 7.50. The monoisotopic (exact) mass is 261 g/mol. The molecule has 18 heavy (non-hydrogen) atoms. The molecule has 0 spiro atoms. The summed E-state index contributed by atoms with van der Waals surface area (Å²) in [6.45, 7) is 3.91. The highest BCUT2D eigenvalue weighted by Crippen LogP contribution is 2.02. The summed E-state index contributed by atoms with van der Waals surface area (Å²) in [6.07, 6.45) is -0.701. The van der Waals surface area contributed by atoms with Gasteiger partial charge in [0.25, 0.3) is 0 Å². The van der Waals surface area contributed by atoms with E-state index in [2.05, 4.69) is 5.32 Å². The van der Waals surface area contributed by atoms with Crippen LogP contribution in [0.1, 0.15) is 33.1 Å². The van der Waals surface area contributed by atoms with Crippen molar-refractivity contribution in [1.82, 2.24) is 5.32 Å². The quantitative estimate of drug-likeness (QED) is 0.602. The zero-order valence-electron chi connectivity index (χ0n) is 10.5. The molecule has 0 aromatic rings. The molecule has 0 heterocycles. The van der Waals surface area contributed by atoms with Crippen molar-refractivity contribution in [3.05, 3.63) is 0 Å². The summed E-state index contributed by atoms with van der Waals surface area (Å²) >= 11 is 0. The van der Waals surface area contributed by atoms with Gasteiger partial charge >= 0.3 is 18.0 Å². The van der Waals surface area contributed by atoms with E-state index in [4.69, 9.17) is 14.9 Å². The number of ether oxygens (including phenoxy) is 1. The van der Waals surface area contributed by atoms with Crippen LogP contribution in [0.15, 0.2) is 0 Å². The number of rotatable bonds is 8. The summed E-state index contributed by atoms with van der Waals surface area (Å²) in [5, 5.41) is 19.5. The molecule has 0 bridgehead atoms. The molecule has 1 amide bonds. The molecule has 104 valence electrons. The van der Waals surface area contributed by atoms with Crippen LogP contribution in [0.5, 0.6) is 0 Å². The molecule has 0 fully saturated rings. The fraction of sp³-hybridized carbons (Fsp3) is 0.727. The normalized spacial score (nSPS) is 11.9. The largest absolute Gasteiger partial charge is 0.481 e. The lowest BCUT2D eigenvalue weighted by Gasteiger charge is -2.14. The number of aliphatic carboxylic acids is 2. The lowest BCUT2D eigenvalue weighted by atomic mass is 10.1. The maximum Gasteiger partial charge on any atom is 0.407 e. The Hall–Kier alpha value is -1.79. The summed E-state index contributed by atoms with van der Waals surface area (Å²) < 4.78 is 4.78. The Morgan fingerprint density at radius 2 is 1.83 bits per heavy atom. The molecule has 0 aliphatic carbocycles. The molecule has 0 saturated carbocycles. The standard InChI is InChI=1S/C11H19NO6/c1-7(2)6-18-11(17)12-8(10(15)16)4-3-5-9(13)14/h7-8H,3-6H2,1-2H3,(H,12,17)(H,13,14)(H,15,16)/t8-/m1/s1. The Morgan fingerprint density at radius 3 is 2.28 bits per heavy atom. The van der Waals surface area contributed by atoms with Crippen molar-refractivity contribution in [2.45, 2.75) is 39.2 Å². The van der Waals surface area contributed by atoms with Gasteiger partial charge in [0.1, 0.15) is 6.04 Å². The van der Waals surface area contributed by atoms with E-state index in [9.17, 15) is 14.4 Å². The SMILES string of the molecule is CC(C)COC(=O)N[C@H](CCCC(=O)O)C(=O)O. The first-order valence-corrected chi connectivity index (χ1v) is 5.70. The third-order valence-corrected chi connectivity index (χ3v) is 2.02. The number of carbonyl (C=O) groups excluding carboxylic acids is 1. The van der Waals surface area contributed by atoms with Gasteiger partial charge in [-0.1, -0.05) is 13.8 Å². The molecule has 0 rings (SSSR count). The minimum atomic E-state index is -1.21. The number of amides is 1. The van der Waals surface area contributed by atoms with Crippen molar-refractivity contribution in [2.24, 2.45) is 5.92 Å². The molecular formula is C11H19NO6. The minimum absolute atomic E-state index is 0.0540. The van der Waals surface area contributed by atoms with Crippen LogP contribution in [0.4, 0.5) is 4.79 Å². The summed E-state index contributed by atoms with van der Waals surface area (Å²) in [7, 11) is 0. The van der Waals surface area contributed by atoms with E-state index in [0.29, 0.717) is 0 Å². The van der Waals surface area contributed by atoms with Crippen LogP contribution in [0.3, 0.4) is 0 Å². The smallest absolute Gasteiger partial charge is 0.407 e. The predicted molar refractivity (Wildman–Crippen MR) is 62.2 cm³/mol. The molecule has 7 nitrogen and oxygen atoms in total. The van der Waals surface area contributed by atoms with Gasteiger partial charge in [-0.05, 0) is 18.8 Å². The lowest BCUT2D eigenvalue weighted by Crippen LogP contribution is -2.41. The van der Waals surface area contributed by atoms with Crippen LogP contribution < -0.4 is 5.32 Å². The number of carboxylic acid groups (broad SMARTS) is 2. The van der Waals surface area contributed by atoms with Gasteiger partial charge in [0, 0.05) is 6.42 Å². The van der Waals surface area contributed by atoms with Crippen LogP contribution in [0.25, 0.3) is 0 Å². The molecule has 0 aliphatic rings. The van der Waals surface area contributed by atoms with E-state index in [0.717, 1.165) is 0 Å². The Morgan fingerprint density at radius 1 is 1.22 bits per heavy atom. The third kappa shape index (κ3) is 8.37. The van der Waals surface area contributed by atoms with Crippen LogP contribution >= 0.6 is 0 Å². The zero-order chi connectivity index (χ0) is 14.1. The highest BCUT2D eigenvalue weighted by molar-refractivity contribution is 5.79. The Labute approximate surface area is 105 Å². The number of hydrogen-bond acceptors (Lipinski definition) is 4. The number of alkyl carbamates (subject to hydrolysis) is 1. The molecule has 0 aromatic carbocycles. The second-order valence-electron chi connectivity index (χ2n) is 4.31. The number of nitrogens with one attached hydrogen (secondary N) is 1. The topological polar surface area (TPSA) is 113 Å². The van der Waals surface area contributed by atoms with Gasteiger partial charge in [0.05, 0.1) is 6.61 Å². The van der Waals surface area contributed by atoms with Crippen LogP contribution in [0.2, 0.25) is 0 Å². The van der Waals surface area contributed by atoms with Gasteiger partial charge in [0.15, 0.2) is 0 Å². The number of carbonyl (C=O) groups is 3. The first kappa shape index (κ1) is 16.2. The minimum Gasteiger partial charge on any atom is -0.481 e. The van der Waals surface area contributed by atoms with Gasteiger partial charge in [0.2, 0.25) is 0 Å². The first-order valence-electron chi connectivity index (χ1n) is 5.70. The van der Waals surface area contributed by atoms with Gasteiger partial charge in [-0.2, -0.15) is 0 Å². The molecule has 0 radical (unpaired) electrons. The van der Waals surface area contributed by atoms with E-state index in [1.54, 1.807) is 0 Å². The van der Waals surface area contributed by atoms with E-state index in [1.165, 1.54) is 0 Å². The summed E-state index contributed by atoms with van der Waals surface area (Å²) in [5.41, 5.74) is 0. The molecular weight excluding hydrogens is 242 g/mol. The van der Waals surface area contributed by atoms with E-state index in [-0.39, 0.29) is 31.8 Å². The van der Waals surface area contributed by atoms with E-state index >= 15 is 0 Å². The summed E-state index contributed by atoms with van der Waals surface area (Å²) in [6, 6.07) is -1.12. The Balaban J connectivity index is 4.06. The van der Waals surface area contributed by atoms with Crippen LogP contribution in [-0.4, -0.2) is 40.9 Å². The second-order valence-corrected chi connectivity index (χ2v) is 4.31. The van der Waals surface area contributed by atoms with Crippen molar-refractivity contribution >= 4 is 18.0 Å². The van der Waals surface area contributed by atoms with Gasteiger partial charge in [-0.15, -0.1) is 0 Å². The third-order valence-electron chi connectivity index (χ3n) is 2.02. The predicted octanol–water partition coefficient (Wildman–Crippen LogP) is 1.08. The number of carboxylic acids is 2. The van der Waals surface area contributed by atoms with Crippen molar-refractivity contribution in [2.75, 3.05) is 6.61 Å². The van der Waals surface area contributed by atoms with Crippen LogP contribution in [-0.2, 0) is 14.3 Å². The van der Waals surface area contributed by atoms with Gasteiger partial charge in [-0.3, -0.25) is 4.79 Å². The number of hydrogen-bond donors (Lipinski definition) is 3. The molecule has 0 aliphatic heterocycles. The second kappa shape index (κ2) is 8.32. The molecule has 0 saturated heterocycles. The van der Waals surface area contributed by atoms with Crippen molar-refractivity contribution in [3.8, 4) is 0 Å². The molecule has 3 N–H and O–H groups in total. The molecule has 1 atom stereocenters. The van der Waals surface area contributed by atoms with Crippen LogP contribution in [0, 0.1) is 5.92 Å². The maximum atomic E-state index is 11.2. The van der Waals surface area contributed by atoms with E-state index in [1.807, 2.05) is 13.8 Å². The van der Waals surface area contributed by atoms with Crippen molar-refractivity contribution < 1.29 is 29.3 Å². The fourth-order valence-electron chi connectivity index (χ4n) is 1.14. The molecule has 7 heteroatoms. The molecule has 0 aromatic heterocycles.